The van der Waals surface area contributed by atoms with Crippen molar-refractivity contribution < 1.29 is 9.52 Å². The molecule has 90 valence electrons. The fraction of sp³-hybridized carbons (Fsp3) is 0.692. The Bertz CT molecular complexity index is 355. The Morgan fingerprint density at radius 1 is 1.44 bits per heavy atom. The molecule has 1 saturated carbocycles. The summed E-state index contributed by atoms with van der Waals surface area (Å²) in [5.41, 5.74) is 0.501. The molecule has 1 aliphatic rings. The van der Waals surface area contributed by atoms with E-state index in [9.17, 15) is 0 Å². The quantitative estimate of drug-likeness (QED) is 0.832. The number of hydrogen-bond donors (Lipinski definition) is 1. The molecule has 0 radical (unpaired) electrons. The van der Waals surface area contributed by atoms with Gasteiger partial charge in [0.05, 0.1) is 6.54 Å². The molecule has 0 spiro atoms. The molecule has 2 rings (SSSR count). The highest BCUT2D eigenvalue weighted by molar-refractivity contribution is 5.07. The minimum Gasteiger partial charge on any atom is -0.462 e. The Kier molecular flexibility index (Phi) is 3.08. The predicted molar refractivity (Wildman–Crippen MR) is 62.9 cm³/mol. The summed E-state index contributed by atoms with van der Waals surface area (Å²) in [5.74, 6) is 1.58. The van der Waals surface area contributed by atoms with Crippen LogP contribution in [0, 0.1) is 5.41 Å². The summed E-state index contributed by atoms with van der Waals surface area (Å²) < 4.78 is 5.50. The van der Waals surface area contributed by atoms with E-state index in [1.807, 2.05) is 12.1 Å². The molecule has 0 aliphatic heterocycles. The highest BCUT2D eigenvalue weighted by Crippen LogP contribution is 2.49. The van der Waals surface area contributed by atoms with Gasteiger partial charge < -0.3 is 9.52 Å². The Labute approximate surface area is 97.1 Å². The molecule has 1 unspecified atom stereocenters. The van der Waals surface area contributed by atoms with E-state index in [4.69, 9.17) is 9.52 Å². The highest BCUT2D eigenvalue weighted by atomic mass is 16.4. The fourth-order valence-electron chi connectivity index (χ4n) is 2.12. The maximum atomic E-state index is 8.93. The molecule has 0 aromatic carbocycles. The summed E-state index contributed by atoms with van der Waals surface area (Å²) in [7, 11) is 2.13. The lowest BCUT2D eigenvalue weighted by molar-refractivity contribution is 0.162. The van der Waals surface area contributed by atoms with Crippen LogP contribution in [0.3, 0.4) is 0 Å². The van der Waals surface area contributed by atoms with E-state index in [1.54, 1.807) is 0 Å². The normalized spacial score (nSPS) is 20.1. The molecule has 0 saturated heterocycles. The molecule has 1 N–H and O–H groups in total. The van der Waals surface area contributed by atoms with Crippen molar-refractivity contribution in [3.05, 3.63) is 23.7 Å². The van der Waals surface area contributed by atoms with Crippen LogP contribution in [0.4, 0.5) is 0 Å². The Balaban J connectivity index is 1.93. The monoisotopic (exact) mass is 223 g/mol. The second-order valence-electron chi connectivity index (χ2n) is 5.27. The number of hydrogen-bond acceptors (Lipinski definition) is 3. The largest absolute Gasteiger partial charge is 0.462 e. The zero-order valence-electron chi connectivity index (χ0n) is 10.4. The standard InChI is InChI=1S/C13H21NO2/c1-10(13(2)6-7-13)14(3)8-11-4-5-12(9-15)16-11/h4-5,10,15H,6-9H2,1-3H3. The maximum Gasteiger partial charge on any atom is 0.129 e. The minimum atomic E-state index is -0.0169. The lowest BCUT2D eigenvalue weighted by atomic mass is 9.99. The van der Waals surface area contributed by atoms with E-state index in [0.717, 1.165) is 12.3 Å². The molecule has 1 atom stereocenters. The summed E-state index contributed by atoms with van der Waals surface area (Å²) in [6.07, 6.45) is 2.66. The van der Waals surface area contributed by atoms with Crippen LogP contribution in [0.2, 0.25) is 0 Å². The van der Waals surface area contributed by atoms with Crippen molar-refractivity contribution in [3.63, 3.8) is 0 Å². The van der Waals surface area contributed by atoms with Gasteiger partial charge in [-0.05, 0) is 44.4 Å². The Hall–Kier alpha value is -0.800. The lowest BCUT2D eigenvalue weighted by Crippen LogP contribution is -2.34. The first-order valence-electron chi connectivity index (χ1n) is 5.94. The van der Waals surface area contributed by atoms with Gasteiger partial charge in [0.1, 0.15) is 18.1 Å². The van der Waals surface area contributed by atoms with Crippen LogP contribution in [0.1, 0.15) is 38.2 Å². The zero-order chi connectivity index (χ0) is 11.8. The number of nitrogens with zero attached hydrogens (tertiary/aromatic N) is 1. The average molecular weight is 223 g/mol. The predicted octanol–water partition coefficient (Wildman–Crippen LogP) is 2.39. The third-order valence-corrected chi connectivity index (χ3v) is 3.99. The molecule has 1 heterocycles. The van der Waals surface area contributed by atoms with Gasteiger partial charge in [-0.1, -0.05) is 6.92 Å². The summed E-state index contributed by atoms with van der Waals surface area (Å²) in [6, 6.07) is 4.37. The van der Waals surface area contributed by atoms with Crippen LogP contribution < -0.4 is 0 Å². The number of rotatable bonds is 5. The van der Waals surface area contributed by atoms with Crippen LogP contribution >= 0.6 is 0 Å². The number of furan rings is 1. The van der Waals surface area contributed by atoms with Crippen LogP contribution in [0.25, 0.3) is 0 Å². The third kappa shape index (κ3) is 2.30. The summed E-state index contributed by atoms with van der Waals surface area (Å²) in [4.78, 5) is 2.33. The van der Waals surface area contributed by atoms with Crippen molar-refractivity contribution in [3.8, 4) is 0 Å². The smallest absolute Gasteiger partial charge is 0.129 e. The number of aliphatic hydroxyl groups excluding tert-OH is 1. The van der Waals surface area contributed by atoms with Gasteiger partial charge in [-0.25, -0.2) is 0 Å². The van der Waals surface area contributed by atoms with Crippen molar-refractivity contribution in [1.82, 2.24) is 4.90 Å². The average Bonchev–Trinajstić information content (AvgIpc) is 2.86. The van der Waals surface area contributed by atoms with E-state index < -0.39 is 0 Å². The Morgan fingerprint density at radius 3 is 2.56 bits per heavy atom. The molecule has 1 aromatic rings. The molecular weight excluding hydrogens is 202 g/mol. The van der Waals surface area contributed by atoms with E-state index in [2.05, 4.69) is 25.8 Å². The first-order chi connectivity index (χ1) is 7.55. The van der Waals surface area contributed by atoms with Gasteiger partial charge in [-0.15, -0.1) is 0 Å². The van der Waals surface area contributed by atoms with Crippen LogP contribution in [0.5, 0.6) is 0 Å². The molecular formula is C13H21NO2. The van der Waals surface area contributed by atoms with Crippen molar-refractivity contribution in [2.24, 2.45) is 5.41 Å². The van der Waals surface area contributed by atoms with Gasteiger partial charge in [0.25, 0.3) is 0 Å². The molecule has 1 aliphatic carbocycles. The first kappa shape index (κ1) is 11.7. The van der Waals surface area contributed by atoms with Gasteiger partial charge >= 0.3 is 0 Å². The van der Waals surface area contributed by atoms with E-state index in [-0.39, 0.29) is 6.61 Å². The maximum absolute atomic E-state index is 8.93. The van der Waals surface area contributed by atoms with Crippen molar-refractivity contribution in [2.75, 3.05) is 7.05 Å². The molecule has 0 bridgehead atoms. The van der Waals surface area contributed by atoms with Crippen LogP contribution in [-0.2, 0) is 13.2 Å². The molecule has 0 amide bonds. The minimum absolute atomic E-state index is 0.0169. The molecule has 3 heteroatoms. The Morgan fingerprint density at radius 2 is 2.06 bits per heavy atom. The van der Waals surface area contributed by atoms with Crippen molar-refractivity contribution in [1.29, 1.82) is 0 Å². The topological polar surface area (TPSA) is 36.6 Å². The first-order valence-corrected chi connectivity index (χ1v) is 5.94. The van der Waals surface area contributed by atoms with E-state index >= 15 is 0 Å². The SMILES string of the molecule is CC(N(C)Cc1ccc(CO)o1)C1(C)CC1. The summed E-state index contributed by atoms with van der Waals surface area (Å²) in [6.45, 7) is 5.42. The molecule has 16 heavy (non-hydrogen) atoms. The summed E-state index contributed by atoms with van der Waals surface area (Å²) in [5, 5.41) is 8.93. The van der Waals surface area contributed by atoms with Crippen molar-refractivity contribution >= 4 is 0 Å². The van der Waals surface area contributed by atoms with Crippen LogP contribution in [-0.4, -0.2) is 23.1 Å². The van der Waals surface area contributed by atoms with Gasteiger partial charge in [0.2, 0.25) is 0 Å². The van der Waals surface area contributed by atoms with E-state index in [1.165, 1.54) is 12.8 Å². The fourth-order valence-corrected chi connectivity index (χ4v) is 2.12. The second-order valence-corrected chi connectivity index (χ2v) is 5.27. The molecule has 1 fully saturated rings. The van der Waals surface area contributed by atoms with Gasteiger partial charge in [-0.2, -0.15) is 0 Å². The molecule has 1 aromatic heterocycles. The third-order valence-electron chi connectivity index (χ3n) is 3.99. The van der Waals surface area contributed by atoms with Gasteiger partial charge in [0, 0.05) is 6.04 Å². The van der Waals surface area contributed by atoms with Crippen molar-refractivity contribution in [2.45, 2.75) is 45.9 Å². The van der Waals surface area contributed by atoms with E-state index in [0.29, 0.717) is 17.2 Å². The van der Waals surface area contributed by atoms with Crippen LogP contribution in [0.15, 0.2) is 16.5 Å². The van der Waals surface area contributed by atoms with Gasteiger partial charge in [-0.3, -0.25) is 4.90 Å². The second kappa shape index (κ2) is 4.22. The van der Waals surface area contributed by atoms with Gasteiger partial charge in [0.15, 0.2) is 0 Å². The molecule has 3 nitrogen and oxygen atoms in total. The zero-order valence-corrected chi connectivity index (χ0v) is 10.4. The highest BCUT2D eigenvalue weighted by Gasteiger charge is 2.44. The number of aliphatic hydroxyl groups is 1. The lowest BCUT2D eigenvalue weighted by Gasteiger charge is -2.29. The summed E-state index contributed by atoms with van der Waals surface area (Å²) >= 11 is 0.